The summed E-state index contributed by atoms with van der Waals surface area (Å²) in [6, 6.07) is 6.74. The van der Waals surface area contributed by atoms with Crippen LogP contribution < -0.4 is 4.74 Å². The molecule has 0 radical (unpaired) electrons. The Morgan fingerprint density at radius 3 is 2.20 bits per heavy atom. The van der Waals surface area contributed by atoms with E-state index >= 15 is 0 Å². The predicted octanol–water partition coefficient (Wildman–Crippen LogP) is 2.26. The Balaban J connectivity index is 2.34. The van der Waals surface area contributed by atoms with Crippen molar-refractivity contribution in [2.75, 3.05) is 7.11 Å². The van der Waals surface area contributed by atoms with Crippen LogP contribution in [0.4, 0.5) is 0 Å². The molecule has 1 amide bonds. The van der Waals surface area contributed by atoms with Crippen molar-refractivity contribution in [3.63, 3.8) is 0 Å². The van der Waals surface area contributed by atoms with Gasteiger partial charge in [-0.05, 0) is 52.0 Å². The summed E-state index contributed by atoms with van der Waals surface area (Å²) in [6.45, 7) is 7.16. The molecule has 0 saturated carbocycles. The van der Waals surface area contributed by atoms with Crippen molar-refractivity contribution in [2.45, 2.75) is 33.4 Å². The summed E-state index contributed by atoms with van der Waals surface area (Å²) in [7, 11) is 1.57. The Bertz CT molecular complexity index is 559. The first-order chi connectivity index (χ1) is 9.21. The lowest BCUT2D eigenvalue weighted by atomic mass is 9.79. The van der Waals surface area contributed by atoms with Gasteiger partial charge in [0, 0.05) is 11.3 Å². The number of carbonyl (C=O) groups excluding carboxylic acids is 1. The number of rotatable bonds is 2. The summed E-state index contributed by atoms with van der Waals surface area (Å²) >= 11 is 0. The second-order valence-corrected chi connectivity index (χ2v) is 5.68. The number of amides is 1. The molecule has 0 spiro atoms. The molecule has 1 aliphatic rings. The third-order valence-corrected chi connectivity index (χ3v) is 4.28. The lowest BCUT2D eigenvalue weighted by Crippen LogP contribution is -2.53. The third-order valence-electron chi connectivity index (χ3n) is 4.28. The van der Waals surface area contributed by atoms with Crippen LogP contribution in [-0.2, 0) is 0 Å². The molecule has 1 aromatic carbocycles. The summed E-state index contributed by atoms with van der Waals surface area (Å²) in [5, 5.41) is 16.0. The van der Waals surface area contributed by atoms with Gasteiger partial charge in [-0.1, -0.05) is 0 Å². The van der Waals surface area contributed by atoms with Gasteiger partial charge in [-0.15, -0.1) is 0 Å². The molecule has 2 rings (SSSR count). The molecule has 0 aliphatic carbocycles. The topological polar surface area (TPSA) is 62.1 Å². The quantitative estimate of drug-likeness (QED) is 0.901. The lowest BCUT2D eigenvalue weighted by Gasteiger charge is -2.37. The molecule has 1 atom stereocenters. The first-order valence-electron chi connectivity index (χ1n) is 6.48. The minimum Gasteiger partial charge on any atom is -0.497 e. The Morgan fingerprint density at radius 2 is 1.80 bits per heavy atom. The van der Waals surface area contributed by atoms with E-state index in [1.807, 2.05) is 20.8 Å². The number of hydrogen-bond acceptors (Lipinski definition) is 4. The zero-order valence-electron chi connectivity index (χ0n) is 12.5. The first-order valence-corrected chi connectivity index (χ1v) is 6.48. The number of ether oxygens (including phenoxy) is 1. The molecule has 108 valence electrons. The molecule has 0 bridgehead atoms. The van der Waals surface area contributed by atoms with E-state index in [1.165, 1.54) is 0 Å². The normalized spacial score (nSPS) is 24.5. The second kappa shape index (κ2) is 4.59. The molecule has 0 aromatic heterocycles. The smallest absolute Gasteiger partial charge is 0.276 e. The third kappa shape index (κ3) is 1.98. The van der Waals surface area contributed by atoms with Crippen LogP contribution in [0.2, 0.25) is 0 Å². The van der Waals surface area contributed by atoms with Crippen molar-refractivity contribution in [3.05, 3.63) is 29.8 Å². The number of hydrazone groups is 1. The van der Waals surface area contributed by atoms with Crippen LogP contribution >= 0.6 is 0 Å². The van der Waals surface area contributed by atoms with Gasteiger partial charge in [-0.2, -0.15) is 10.1 Å². The van der Waals surface area contributed by atoms with Crippen molar-refractivity contribution in [1.82, 2.24) is 5.01 Å². The van der Waals surface area contributed by atoms with Gasteiger partial charge in [0.15, 0.2) is 5.72 Å². The summed E-state index contributed by atoms with van der Waals surface area (Å²) < 4.78 is 5.06. The summed E-state index contributed by atoms with van der Waals surface area (Å²) in [5.74, 6) is 0.345. The van der Waals surface area contributed by atoms with Crippen LogP contribution in [0.1, 0.15) is 38.1 Å². The molecule has 0 saturated heterocycles. The Kier molecular flexibility index (Phi) is 3.34. The number of aliphatic hydroxyl groups is 1. The summed E-state index contributed by atoms with van der Waals surface area (Å²) in [5.41, 5.74) is -0.756. The minimum absolute atomic E-state index is 0.331. The Morgan fingerprint density at radius 1 is 1.25 bits per heavy atom. The van der Waals surface area contributed by atoms with Crippen molar-refractivity contribution in [1.29, 1.82) is 0 Å². The molecule has 1 heterocycles. The molecule has 1 aromatic rings. The molecule has 0 fully saturated rings. The standard InChI is InChI=1S/C15H20N2O3/c1-10-14(2,3)15(4,19)17(16-10)13(18)11-6-8-12(20-5)9-7-11/h6-9,19H,1-5H3. The van der Waals surface area contributed by atoms with Gasteiger partial charge in [0.25, 0.3) is 5.91 Å². The van der Waals surface area contributed by atoms with E-state index < -0.39 is 11.1 Å². The Labute approximate surface area is 118 Å². The lowest BCUT2D eigenvalue weighted by molar-refractivity contribution is -0.110. The van der Waals surface area contributed by atoms with Crippen molar-refractivity contribution in [3.8, 4) is 5.75 Å². The molecule has 5 heteroatoms. The zero-order chi connectivity index (χ0) is 15.1. The number of methoxy groups -OCH3 is 1. The van der Waals surface area contributed by atoms with Crippen LogP contribution in [0.3, 0.4) is 0 Å². The van der Waals surface area contributed by atoms with E-state index in [4.69, 9.17) is 4.74 Å². The molecular weight excluding hydrogens is 256 g/mol. The molecular formula is C15H20N2O3. The van der Waals surface area contributed by atoms with Crippen molar-refractivity contribution in [2.24, 2.45) is 10.5 Å². The second-order valence-electron chi connectivity index (χ2n) is 5.68. The highest BCUT2D eigenvalue weighted by atomic mass is 16.5. The number of hydrogen-bond donors (Lipinski definition) is 1. The maximum Gasteiger partial charge on any atom is 0.276 e. The van der Waals surface area contributed by atoms with E-state index in [9.17, 15) is 9.90 Å². The zero-order valence-corrected chi connectivity index (χ0v) is 12.5. The van der Waals surface area contributed by atoms with E-state index in [0.29, 0.717) is 11.3 Å². The molecule has 20 heavy (non-hydrogen) atoms. The van der Waals surface area contributed by atoms with E-state index in [-0.39, 0.29) is 5.91 Å². The van der Waals surface area contributed by atoms with Gasteiger partial charge in [-0.3, -0.25) is 4.79 Å². The van der Waals surface area contributed by atoms with Gasteiger partial charge in [-0.25, -0.2) is 0 Å². The Hall–Kier alpha value is -1.88. The largest absolute Gasteiger partial charge is 0.497 e. The van der Waals surface area contributed by atoms with Crippen LogP contribution in [-0.4, -0.2) is 34.6 Å². The fourth-order valence-corrected chi connectivity index (χ4v) is 2.08. The summed E-state index contributed by atoms with van der Waals surface area (Å²) in [6.07, 6.45) is 0. The van der Waals surface area contributed by atoms with Crippen molar-refractivity contribution < 1.29 is 14.6 Å². The van der Waals surface area contributed by atoms with Crippen LogP contribution in [0.25, 0.3) is 0 Å². The molecule has 1 unspecified atom stereocenters. The predicted molar refractivity (Wildman–Crippen MR) is 76.7 cm³/mol. The fourth-order valence-electron chi connectivity index (χ4n) is 2.08. The highest BCUT2D eigenvalue weighted by Gasteiger charge is 2.53. The first kappa shape index (κ1) is 14.5. The van der Waals surface area contributed by atoms with E-state index in [2.05, 4.69) is 5.10 Å². The van der Waals surface area contributed by atoms with Gasteiger partial charge in [0.05, 0.1) is 12.5 Å². The van der Waals surface area contributed by atoms with Crippen LogP contribution in [0, 0.1) is 5.41 Å². The molecule has 1 aliphatic heterocycles. The monoisotopic (exact) mass is 276 g/mol. The maximum absolute atomic E-state index is 12.5. The average molecular weight is 276 g/mol. The van der Waals surface area contributed by atoms with Gasteiger partial charge < -0.3 is 9.84 Å². The van der Waals surface area contributed by atoms with Crippen molar-refractivity contribution >= 4 is 11.6 Å². The SMILES string of the molecule is COc1ccc(C(=O)N2N=C(C)C(C)(C)C2(C)O)cc1. The van der Waals surface area contributed by atoms with Gasteiger partial charge in [0.1, 0.15) is 5.75 Å². The van der Waals surface area contributed by atoms with Gasteiger partial charge in [0.2, 0.25) is 0 Å². The fraction of sp³-hybridized carbons (Fsp3) is 0.467. The number of nitrogens with zero attached hydrogens (tertiary/aromatic N) is 2. The highest BCUT2D eigenvalue weighted by Crippen LogP contribution is 2.41. The van der Waals surface area contributed by atoms with E-state index in [1.54, 1.807) is 38.3 Å². The van der Waals surface area contributed by atoms with E-state index in [0.717, 1.165) is 10.7 Å². The average Bonchev–Trinajstić information content (AvgIpc) is 2.58. The summed E-state index contributed by atoms with van der Waals surface area (Å²) in [4.78, 5) is 12.5. The van der Waals surface area contributed by atoms with Crippen LogP contribution in [0.5, 0.6) is 5.75 Å². The van der Waals surface area contributed by atoms with Crippen LogP contribution in [0.15, 0.2) is 29.4 Å². The highest BCUT2D eigenvalue weighted by molar-refractivity contribution is 5.99. The molecule has 1 N–H and O–H groups in total. The number of benzene rings is 1. The molecule has 5 nitrogen and oxygen atoms in total. The van der Waals surface area contributed by atoms with Gasteiger partial charge >= 0.3 is 0 Å². The number of carbonyl (C=O) groups is 1. The minimum atomic E-state index is -1.35. The maximum atomic E-state index is 12.5.